The van der Waals surface area contributed by atoms with Crippen LogP contribution >= 0.6 is 11.6 Å². The Balaban J connectivity index is 1.82. The van der Waals surface area contributed by atoms with Gasteiger partial charge in [0.05, 0.1) is 10.7 Å². The summed E-state index contributed by atoms with van der Waals surface area (Å²) < 4.78 is 32.3. The summed E-state index contributed by atoms with van der Waals surface area (Å²) in [7, 11) is -3.70. The summed E-state index contributed by atoms with van der Waals surface area (Å²) in [6, 6.07) is 5.91. The van der Waals surface area contributed by atoms with Gasteiger partial charge in [0.2, 0.25) is 15.9 Å². The number of nitrogens with one attached hydrogen (secondary N) is 2. The second-order valence-electron chi connectivity index (χ2n) is 6.69. The first-order valence-corrected chi connectivity index (χ1v) is 11.1. The van der Waals surface area contributed by atoms with Gasteiger partial charge < -0.3 is 15.1 Å². The van der Waals surface area contributed by atoms with Crippen molar-refractivity contribution in [3.8, 4) is 0 Å². The van der Waals surface area contributed by atoms with Crippen molar-refractivity contribution in [3.63, 3.8) is 0 Å². The minimum absolute atomic E-state index is 0.0143. The smallest absolute Gasteiger partial charge is 0.291 e. The van der Waals surface area contributed by atoms with E-state index in [1.807, 2.05) is 0 Å². The lowest BCUT2D eigenvalue weighted by molar-refractivity contribution is -0.115. The van der Waals surface area contributed by atoms with Gasteiger partial charge in [-0.15, -0.1) is 0 Å². The summed E-state index contributed by atoms with van der Waals surface area (Å²) in [5.41, 5.74) is 0.744. The lowest BCUT2D eigenvalue weighted by Gasteiger charge is -2.14. The van der Waals surface area contributed by atoms with E-state index in [9.17, 15) is 18.0 Å². The fourth-order valence-corrected chi connectivity index (χ4v) is 4.88. The Hall–Kier alpha value is -2.36. The van der Waals surface area contributed by atoms with E-state index in [0.717, 1.165) is 12.8 Å². The van der Waals surface area contributed by atoms with Crippen molar-refractivity contribution in [1.82, 2.24) is 4.31 Å². The third kappa shape index (κ3) is 4.63. The van der Waals surface area contributed by atoms with E-state index in [-0.39, 0.29) is 33.0 Å². The molecule has 0 unspecified atom stereocenters. The van der Waals surface area contributed by atoms with Gasteiger partial charge in [0.1, 0.15) is 10.7 Å². The molecular formula is C19H22ClN3O5S. The molecule has 1 fully saturated rings. The molecule has 3 rings (SSSR count). The molecule has 10 heteroatoms. The van der Waals surface area contributed by atoms with Crippen LogP contribution in [-0.2, 0) is 14.8 Å². The second-order valence-corrected chi connectivity index (χ2v) is 9.01. The topological polar surface area (TPSA) is 109 Å². The lowest BCUT2D eigenvalue weighted by Crippen LogP contribution is -2.28. The summed E-state index contributed by atoms with van der Waals surface area (Å²) in [4.78, 5) is 24.2. The van der Waals surface area contributed by atoms with Crippen molar-refractivity contribution in [2.24, 2.45) is 0 Å². The minimum Gasteiger partial charge on any atom is -0.455 e. The van der Waals surface area contributed by atoms with Crippen LogP contribution in [0.1, 0.15) is 42.5 Å². The number of carbonyl (C=O) groups excluding carboxylic acids is 2. The molecule has 29 heavy (non-hydrogen) atoms. The Labute approximate surface area is 174 Å². The van der Waals surface area contributed by atoms with Crippen LogP contribution in [0.5, 0.6) is 0 Å². The molecule has 1 aliphatic heterocycles. The van der Waals surface area contributed by atoms with E-state index in [1.54, 1.807) is 19.1 Å². The van der Waals surface area contributed by atoms with Crippen molar-refractivity contribution < 1.29 is 22.4 Å². The molecule has 0 atom stereocenters. The first-order valence-electron chi connectivity index (χ1n) is 9.23. The van der Waals surface area contributed by atoms with Crippen LogP contribution in [-0.4, -0.2) is 37.6 Å². The molecule has 0 radical (unpaired) electrons. The zero-order valence-corrected chi connectivity index (χ0v) is 17.7. The van der Waals surface area contributed by atoms with Gasteiger partial charge in [-0.25, -0.2) is 8.42 Å². The van der Waals surface area contributed by atoms with Gasteiger partial charge in [-0.1, -0.05) is 18.5 Å². The number of furan rings is 1. The molecule has 8 nitrogen and oxygen atoms in total. The Bertz CT molecular complexity index is 1040. The number of hydrogen-bond acceptors (Lipinski definition) is 5. The average Bonchev–Trinajstić information content (AvgIpc) is 3.34. The van der Waals surface area contributed by atoms with Gasteiger partial charge in [-0.3, -0.25) is 9.59 Å². The molecule has 2 N–H and O–H groups in total. The average molecular weight is 440 g/mol. The maximum Gasteiger partial charge on any atom is 0.291 e. The Morgan fingerprint density at radius 2 is 1.86 bits per heavy atom. The van der Waals surface area contributed by atoms with Gasteiger partial charge in [-0.05, 0) is 38.0 Å². The van der Waals surface area contributed by atoms with E-state index in [1.165, 1.54) is 23.4 Å². The van der Waals surface area contributed by atoms with Crippen LogP contribution in [0.3, 0.4) is 0 Å². The molecule has 1 aromatic heterocycles. The fourth-order valence-electron chi connectivity index (χ4n) is 3.03. The molecule has 0 spiro atoms. The largest absolute Gasteiger partial charge is 0.455 e. The second kappa shape index (κ2) is 8.56. The fraction of sp³-hybridized carbons (Fsp3) is 0.368. The SMILES string of the molecule is CCC(=O)Nc1ccc(Cl)c(NC(=O)c2cc(S(=O)(=O)N3CCCC3)c(C)o2)c1. The Morgan fingerprint density at radius 3 is 2.52 bits per heavy atom. The number of nitrogens with zero attached hydrogens (tertiary/aromatic N) is 1. The first kappa shape index (κ1) is 21.4. The number of amides is 2. The number of aryl methyl sites for hydroxylation is 1. The van der Waals surface area contributed by atoms with Crippen LogP contribution in [0.15, 0.2) is 33.6 Å². The monoisotopic (exact) mass is 439 g/mol. The predicted molar refractivity (Wildman–Crippen MR) is 110 cm³/mol. The van der Waals surface area contributed by atoms with E-state index in [2.05, 4.69) is 10.6 Å². The molecule has 0 saturated carbocycles. The van der Waals surface area contributed by atoms with Crippen molar-refractivity contribution in [3.05, 3.63) is 40.8 Å². The van der Waals surface area contributed by atoms with E-state index < -0.39 is 15.9 Å². The van der Waals surface area contributed by atoms with Crippen LogP contribution in [0.4, 0.5) is 11.4 Å². The highest BCUT2D eigenvalue weighted by atomic mass is 35.5. The predicted octanol–water partition coefficient (Wildman–Crippen LogP) is 3.63. The zero-order chi connectivity index (χ0) is 21.2. The van der Waals surface area contributed by atoms with Gasteiger partial charge in [0, 0.05) is 31.3 Å². The van der Waals surface area contributed by atoms with Crippen molar-refractivity contribution in [2.45, 2.75) is 38.0 Å². The molecule has 2 aromatic rings. The summed E-state index contributed by atoms with van der Waals surface area (Å²) in [5, 5.41) is 5.54. The number of sulfonamides is 1. The first-order chi connectivity index (χ1) is 13.7. The van der Waals surface area contributed by atoms with E-state index in [4.69, 9.17) is 16.0 Å². The van der Waals surface area contributed by atoms with Gasteiger partial charge >= 0.3 is 0 Å². The summed E-state index contributed by atoms with van der Waals surface area (Å²) in [6.45, 7) is 4.15. The molecule has 156 valence electrons. The lowest BCUT2D eigenvalue weighted by atomic mass is 10.2. The molecule has 2 amide bonds. The Kier molecular flexibility index (Phi) is 6.30. The molecule has 0 aliphatic carbocycles. The number of carbonyl (C=O) groups is 2. The maximum absolute atomic E-state index is 12.8. The summed E-state index contributed by atoms with van der Waals surface area (Å²) in [6.07, 6.45) is 1.93. The number of halogens is 1. The zero-order valence-electron chi connectivity index (χ0n) is 16.1. The van der Waals surface area contributed by atoms with Crippen LogP contribution in [0, 0.1) is 6.92 Å². The van der Waals surface area contributed by atoms with E-state index in [0.29, 0.717) is 25.2 Å². The normalized spacial score (nSPS) is 14.7. The summed E-state index contributed by atoms with van der Waals surface area (Å²) in [5.74, 6) is -0.809. The van der Waals surface area contributed by atoms with Crippen LogP contribution < -0.4 is 10.6 Å². The molecular weight excluding hydrogens is 418 g/mol. The van der Waals surface area contributed by atoms with Crippen LogP contribution in [0.25, 0.3) is 0 Å². The maximum atomic E-state index is 12.8. The standard InChI is InChI=1S/C19H22ClN3O5S/c1-3-18(24)21-13-6-7-14(20)15(10-13)22-19(25)16-11-17(12(2)28-16)29(26,27)23-8-4-5-9-23/h6-7,10-11H,3-5,8-9H2,1-2H3,(H,21,24)(H,22,25). The highest BCUT2D eigenvalue weighted by molar-refractivity contribution is 7.89. The van der Waals surface area contributed by atoms with Crippen molar-refractivity contribution in [1.29, 1.82) is 0 Å². The number of benzene rings is 1. The Morgan fingerprint density at radius 1 is 1.17 bits per heavy atom. The summed E-state index contributed by atoms with van der Waals surface area (Å²) >= 11 is 6.13. The highest BCUT2D eigenvalue weighted by Gasteiger charge is 2.31. The third-order valence-corrected chi connectivity index (χ3v) is 6.93. The highest BCUT2D eigenvalue weighted by Crippen LogP contribution is 2.29. The number of rotatable bonds is 6. The quantitative estimate of drug-likeness (QED) is 0.714. The van der Waals surface area contributed by atoms with Gasteiger partial charge in [0.25, 0.3) is 5.91 Å². The third-order valence-electron chi connectivity index (χ3n) is 4.60. The molecule has 1 aromatic carbocycles. The van der Waals surface area contributed by atoms with E-state index >= 15 is 0 Å². The van der Waals surface area contributed by atoms with Crippen molar-refractivity contribution >= 4 is 44.8 Å². The molecule has 0 bridgehead atoms. The molecule has 1 saturated heterocycles. The van der Waals surface area contributed by atoms with Crippen molar-refractivity contribution in [2.75, 3.05) is 23.7 Å². The minimum atomic E-state index is -3.70. The van der Waals surface area contributed by atoms with Gasteiger partial charge in [-0.2, -0.15) is 4.31 Å². The van der Waals surface area contributed by atoms with Gasteiger partial charge in [0.15, 0.2) is 5.76 Å². The number of anilines is 2. The van der Waals surface area contributed by atoms with Crippen LogP contribution in [0.2, 0.25) is 5.02 Å². The number of hydrogen-bond donors (Lipinski definition) is 2. The molecule has 2 heterocycles. The molecule has 1 aliphatic rings.